The van der Waals surface area contributed by atoms with Crippen molar-refractivity contribution < 1.29 is 4.52 Å². The fourth-order valence-electron chi connectivity index (χ4n) is 1.56. The summed E-state index contributed by atoms with van der Waals surface area (Å²) in [4.78, 5) is 4.16. The van der Waals surface area contributed by atoms with Crippen LogP contribution in [0, 0.1) is 6.92 Å². The van der Waals surface area contributed by atoms with E-state index in [1.165, 1.54) is 12.8 Å². The zero-order chi connectivity index (χ0) is 11.1. The Labute approximate surface area is 91.5 Å². The van der Waals surface area contributed by atoms with Crippen molar-refractivity contribution in [1.82, 2.24) is 15.5 Å². The molecular weight excluding hydrogens is 190 g/mol. The summed E-state index contributed by atoms with van der Waals surface area (Å²) < 4.78 is 5.03. The molecule has 0 aliphatic heterocycles. The quantitative estimate of drug-likeness (QED) is 0.702. The maximum Gasteiger partial charge on any atom is 0.226 e. The van der Waals surface area contributed by atoms with E-state index in [0.29, 0.717) is 6.04 Å². The zero-order valence-electron chi connectivity index (χ0n) is 9.92. The second kappa shape index (κ2) is 6.56. The third-order valence-electron chi connectivity index (χ3n) is 2.35. The zero-order valence-corrected chi connectivity index (χ0v) is 9.92. The molecule has 1 unspecified atom stereocenters. The average Bonchev–Trinajstić information content (AvgIpc) is 2.60. The van der Waals surface area contributed by atoms with Crippen molar-refractivity contribution in [3.63, 3.8) is 0 Å². The number of hydrogen-bond acceptors (Lipinski definition) is 4. The summed E-state index contributed by atoms with van der Waals surface area (Å²) in [5, 5.41) is 7.22. The van der Waals surface area contributed by atoms with Gasteiger partial charge in [-0.2, -0.15) is 4.98 Å². The maximum atomic E-state index is 5.03. The lowest BCUT2D eigenvalue weighted by molar-refractivity contribution is 0.369. The molecule has 0 radical (unpaired) electrons. The molecule has 4 nitrogen and oxygen atoms in total. The molecule has 0 aliphatic rings. The maximum absolute atomic E-state index is 5.03. The van der Waals surface area contributed by atoms with Gasteiger partial charge < -0.3 is 9.84 Å². The van der Waals surface area contributed by atoms with E-state index in [4.69, 9.17) is 4.52 Å². The van der Waals surface area contributed by atoms with Gasteiger partial charge in [0, 0.05) is 12.5 Å². The largest absolute Gasteiger partial charge is 0.339 e. The molecule has 0 saturated carbocycles. The molecule has 1 aromatic rings. The third-order valence-corrected chi connectivity index (χ3v) is 2.35. The van der Waals surface area contributed by atoms with Crippen molar-refractivity contribution in [2.45, 2.75) is 52.5 Å². The highest BCUT2D eigenvalue weighted by Gasteiger charge is 2.03. The van der Waals surface area contributed by atoms with E-state index >= 15 is 0 Å². The molecule has 1 aromatic heterocycles. The van der Waals surface area contributed by atoms with Crippen molar-refractivity contribution in [2.75, 3.05) is 6.54 Å². The molecule has 1 atom stereocenters. The predicted octanol–water partition coefficient (Wildman–Crippen LogP) is 2.09. The molecule has 1 heterocycles. The molecule has 1 rings (SSSR count). The predicted molar refractivity (Wildman–Crippen MR) is 59.7 cm³/mol. The number of nitrogens with one attached hydrogen (secondary N) is 1. The van der Waals surface area contributed by atoms with Gasteiger partial charge in [0.05, 0.1) is 0 Å². The monoisotopic (exact) mass is 211 g/mol. The lowest BCUT2D eigenvalue weighted by Gasteiger charge is -2.11. The van der Waals surface area contributed by atoms with Gasteiger partial charge in [-0.15, -0.1) is 0 Å². The number of hydrogen-bond donors (Lipinski definition) is 1. The van der Waals surface area contributed by atoms with Crippen LogP contribution in [0.15, 0.2) is 4.52 Å². The van der Waals surface area contributed by atoms with Crippen LogP contribution >= 0.6 is 0 Å². The third kappa shape index (κ3) is 4.93. The smallest absolute Gasteiger partial charge is 0.226 e. The van der Waals surface area contributed by atoms with Gasteiger partial charge in [0.25, 0.3) is 0 Å². The van der Waals surface area contributed by atoms with Gasteiger partial charge in [-0.25, -0.2) is 0 Å². The van der Waals surface area contributed by atoms with Gasteiger partial charge in [0.1, 0.15) is 0 Å². The van der Waals surface area contributed by atoms with Crippen LogP contribution in [-0.4, -0.2) is 22.7 Å². The molecule has 0 saturated heterocycles. The van der Waals surface area contributed by atoms with Gasteiger partial charge in [-0.1, -0.05) is 18.5 Å². The van der Waals surface area contributed by atoms with E-state index in [9.17, 15) is 0 Å². The molecule has 15 heavy (non-hydrogen) atoms. The Morgan fingerprint density at radius 3 is 2.87 bits per heavy atom. The molecule has 0 aliphatic carbocycles. The summed E-state index contributed by atoms with van der Waals surface area (Å²) >= 11 is 0. The number of rotatable bonds is 7. The van der Waals surface area contributed by atoms with E-state index in [1.54, 1.807) is 0 Å². The molecule has 0 aromatic carbocycles. The van der Waals surface area contributed by atoms with Crippen LogP contribution < -0.4 is 5.32 Å². The van der Waals surface area contributed by atoms with E-state index in [0.717, 1.165) is 31.1 Å². The van der Waals surface area contributed by atoms with Crippen LogP contribution in [0.1, 0.15) is 44.8 Å². The number of nitrogens with zero attached hydrogens (tertiary/aromatic N) is 2. The first-order valence-corrected chi connectivity index (χ1v) is 5.75. The fraction of sp³-hybridized carbons (Fsp3) is 0.818. The standard InChI is InChI=1S/C11H21N3O/c1-4-6-9(2)12-8-5-7-11-13-10(3)14-15-11/h9,12H,4-8H2,1-3H3. The molecule has 0 spiro atoms. The lowest BCUT2D eigenvalue weighted by Crippen LogP contribution is -2.26. The normalized spacial score (nSPS) is 13.0. The Morgan fingerprint density at radius 1 is 1.47 bits per heavy atom. The fourth-order valence-corrected chi connectivity index (χ4v) is 1.56. The Hall–Kier alpha value is -0.900. The average molecular weight is 211 g/mol. The van der Waals surface area contributed by atoms with Crippen molar-refractivity contribution in [3.8, 4) is 0 Å². The Bertz CT molecular complexity index is 273. The Balaban J connectivity index is 2.06. The van der Waals surface area contributed by atoms with Gasteiger partial charge in [0.2, 0.25) is 5.89 Å². The first-order valence-electron chi connectivity index (χ1n) is 5.75. The van der Waals surface area contributed by atoms with Crippen LogP contribution in [0.5, 0.6) is 0 Å². The highest BCUT2D eigenvalue weighted by atomic mass is 16.5. The molecule has 0 amide bonds. The second-order valence-electron chi connectivity index (χ2n) is 3.98. The Kier molecular flexibility index (Phi) is 5.32. The van der Waals surface area contributed by atoms with Crippen LogP contribution in [0.25, 0.3) is 0 Å². The number of aromatic nitrogens is 2. The van der Waals surface area contributed by atoms with Crippen molar-refractivity contribution >= 4 is 0 Å². The molecule has 1 N–H and O–H groups in total. The molecule has 4 heteroatoms. The van der Waals surface area contributed by atoms with Crippen LogP contribution in [0.3, 0.4) is 0 Å². The summed E-state index contributed by atoms with van der Waals surface area (Å²) in [7, 11) is 0. The SMILES string of the molecule is CCCC(C)NCCCc1nc(C)no1. The van der Waals surface area contributed by atoms with Crippen molar-refractivity contribution in [1.29, 1.82) is 0 Å². The van der Waals surface area contributed by atoms with Crippen LogP contribution in [-0.2, 0) is 6.42 Å². The van der Waals surface area contributed by atoms with Crippen molar-refractivity contribution in [2.24, 2.45) is 0 Å². The highest BCUT2D eigenvalue weighted by molar-refractivity contribution is 4.82. The second-order valence-corrected chi connectivity index (χ2v) is 3.98. The highest BCUT2D eigenvalue weighted by Crippen LogP contribution is 2.00. The van der Waals surface area contributed by atoms with Gasteiger partial charge >= 0.3 is 0 Å². The summed E-state index contributed by atoms with van der Waals surface area (Å²) in [6.45, 7) is 7.29. The van der Waals surface area contributed by atoms with E-state index < -0.39 is 0 Å². The summed E-state index contributed by atoms with van der Waals surface area (Å²) in [5.74, 6) is 1.47. The minimum Gasteiger partial charge on any atom is -0.339 e. The lowest BCUT2D eigenvalue weighted by atomic mass is 10.2. The first-order chi connectivity index (χ1) is 7.22. The summed E-state index contributed by atoms with van der Waals surface area (Å²) in [6.07, 6.45) is 4.39. The van der Waals surface area contributed by atoms with E-state index in [1.807, 2.05) is 6.92 Å². The topological polar surface area (TPSA) is 51.0 Å². The number of aryl methyl sites for hydroxylation is 2. The molecule has 86 valence electrons. The van der Waals surface area contributed by atoms with Gasteiger partial charge in [-0.05, 0) is 33.2 Å². The molecule has 0 bridgehead atoms. The van der Waals surface area contributed by atoms with Crippen LogP contribution in [0.4, 0.5) is 0 Å². The minimum absolute atomic E-state index is 0.611. The Morgan fingerprint density at radius 2 is 2.27 bits per heavy atom. The first kappa shape index (κ1) is 12.2. The minimum atomic E-state index is 0.611. The molecule has 0 fully saturated rings. The van der Waals surface area contributed by atoms with E-state index in [-0.39, 0.29) is 0 Å². The van der Waals surface area contributed by atoms with Gasteiger partial charge in [-0.3, -0.25) is 0 Å². The van der Waals surface area contributed by atoms with E-state index in [2.05, 4.69) is 29.3 Å². The summed E-state index contributed by atoms with van der Waals surface area (Å²) in [5.41, 5.74) is 0. The summed E-state index contributed by atoms with van der Waals surface area (Å²) in [6, 6.07) is 0.611. The van der Waals surface area contributed by atoms with Crippen molar-refractivity contribution in [3.05, 3.63) is 11.7 Å². The van der Waals surface area contributed by atoms with Gasteiger partial charge in [0.15, 0.2) is 5.82 Å². The van der Waals surface area contributed by atoms with Crippen LogP contribution in [0.2, 0.25) is 0 Å². The molecular formula is C11H21N3O.